The van der Waals surface area contributed by atoms with E-state index in [0.717, 1.165) is 22.3 Å². The molecule has 0 saturated carbocycles. The Labute approximate surface area is 154 Å². The molecule has 4 nitrogen and oxygen atoms in total. The Balaban J connectivity index is 0.00000225. The number of para-hydroxylation sites is 1. The van der Waals surface area contributed by atoms with Gasteiger partial charge in [-0.25, -0.2) is 0 Å². The van der Waals surface area contributed by atoms with E-state index in [1.54, 1.807) is 11.9 Å². The maximum atomic E-state index is 12.6. The number of hydrogen-bond donors (Lipinski definition) is 1. The predicted molar refractivity (Wildman–Crippen MR) is 103 cm³/mol. The number of furan rings is 1. The molecule has 2 N–H and O–H groups in total. The van der Waals surface area contributed by atoms with E-state index in [1.807, 2.05) is 67.6 Å². The smallest absolute Gasteiger partial charge is 0.224 e. The minimum Gasteiger partial charge on any atom is -0.459 e. The Morgan fingerprint density at radius 1 is 1.12 bits per heavy atom. The highest BCUT2D eigenvalue weighted by Crippen LogP contribution is 2.27. The van der Waals surface area contributed by atoms with Gasteiger partial charge in [-0.3, -0.25) is 4.79 Å². The van der Waals surface area contributed by atoms with E-state index in [2.05, 4.69) is 0 Å². The molecule has 3 aromatic rings. The second-order valence-electron chi connectivity index (χ2n) is 6.09. The van der Waals surface area contributed by atoms with E-state index in [0.29, 0.717) is 0 Å². The van der Waals surface area contributed by atoms with Crippen molar-refractivity contribution in [1.82, 2.24) is 4.90 Å². The third-order valence-electron chi connectivity index (χ3n) is 4.45. The third-order valence-corrected chi connectivity index (χ3v) is 4.45. The van der Waals surface area contributed by atoms with Crippen LogP contribution in [0.5, 0.6) is 0 Å². The number of carbonyl (C=O) groups is 1. The normalized spacial score (nSPS) is 13.1. The van der Waals surface area contributed by atoms with Crippen LogP contribution < -0.4 is 5.73 Å². The van der Waals surface area contributed by atoms with Crippen LogP contribution in [0.1, 0.15) is 36.8 Å². The van der Waals surface area contributed by atoms with Crippen LogP contribution in [-0.4, -0.2) is 17.9 Å². The van der Waals surface area contributed by atoms with E-state index in [1.165, 1.54) is 0 Å². The summed E-state index contributed by atoms with van der Waals surface area (Å²) in [7, 11) is 1.79. The lowest BCUT2D eigenvalue weighted by Gasteiger charge is -2.25. The van der Waals surface area contributed by atoms with Gasteiger partial charge in [0.2, 0.25) is 5.91 Å². The summed E-state index contributed by atoms with van der Waals surface area (Å²) in [6.07, 6.45) is 0.269. The van der Waals surface area contributed by atoms with Gasteiger partial charge in [0, 0.05) is 24.9 Å². The molecule has 0 saturated heterocycles. The van der Waals surface area contributed by atoms with Crippen LogP contribution in [0.3, 0.4) is 0 Å². The van der Waals surface area contributed by atoms with Crippen molar-refractivity contribution in [3.05, 3.63) is 72.0 Å². The van der Waals surface area contributed by atoms with Crippen molar-refractivity contribution in [2.75, 3.05) is 7.05 Å². The van der Waals surface area contributed by atoms with Crippen molar-refractivity contribution in [1.29, 1.82) is 0 Å². The number of halogens is 1. The van der Waals surface area contributed by atoms with Crippen LogP contribution in [0.4, 0.5) is 0 Å². The number of hydrogen-bond acceptors (Lipinski definition) is 3. The highest BCUT2D eigenvalue weighted by atomic mass is 35.5. The molecule has 2 aromatic carbocycles. The molecule has 1 aromatic heterocycles. The number of rotatable bonds is 5. The van der Waals surface area contributed by atoms with Gasteiger partial charge in [0.25, 0.3) is 0 Å². The van der Waals surface area contributed by atoms with Crippen molar-refractivity contribution in [2.24, 2.45) is 5.73 Å². The molecule has 1 heterocycles. The van der Waals surface area contributed by atoms with Crippen LogP contribution in [-0.2, 0) is 4.79 Å². The first-order valence-electron chi connectivity index (χ1n) is 8.11. The zero-order chi connectivity index (χ0) is 17.1. The van der Waals surface area contributed by atoms with E-state index < -0.39 is 0 Å². The fourth-order valence-electron chi connectivity index (χ4n) is 2.77. The molecule has 0 aliphatic rings. The second kappa shape index (κ2) is 8.19. The lowest BCUT2D eigenvalue weighted by atomic mass is 10.0. The topological polar surface area (TPSA) is 59.5 Å². The first-order valence-corrected chi connectivity index (χ1v) is 8.11. The SMILES string of the molecule is CC(c1cc2ccccc2o1)N(C)C(=O)CC(N)c1ccccc1.Cl. The Kier molecular flexibility index (Phi) is 6.23. The van der Waals surface area contributed by atoms with Gasteiger partial charge in [-0.15, -0.1) is 12.4 Å². The van der Waals surface area contributed by atoms with Crippen LogP contribution in [0.15, 0.2) is 65.1 Å². The number of amides is 1. The monoisotopic (exact) mass is 358 g/mol. The lowest BCUT2D eigenvalue weighted by Crippen LogP contribution is -2.32. The molecule has 1 amide bonds. The van der Waals surface area contributed by atoms with Crippen LogP contribution in [0.2, 0.25) is 0 Å². The van der Waals surface area contributed by atoms with Crippen molar-refractivity contribution >= 4 is 29.3 Å². The van der Waals surface area contributed by atoms with Crippen LogP contribution in [0, 0.1) is 0 Å². The van der Waals surface area contributed by atoms with E-state index in [9.17, 15) is 4.79 Å². The minimum absolute atomic E-state index is 0. The van der Waals surface area contributed by atoms with Gasteiger partial charge >= 0.3 is 0 Å². The predicted octanol–water partition coefficient (Wildman–Crippen LogP) is 4.46. The molecule has 0 bridgehead atoms. The molecule has 5 heteroatoms. The van der Waals surface area contributed by atoms with E-state index in [4.69, 9.17) is 10.2 Å². The van der Waals surface area contributed by atoms with Gasteiger partial charge in [0.05, 0.1) is 6.04 Å². The van der Waals surface area contributed by atoms with Gasteiger partial charge in [0.15, 0.2) is 0 Å². The maximum absolute atomic E-state index is 12.6. The molecule has 3 rings (SSSR count). The molecule has 0 aliphatic carbocycles. The fraction of sp³-hybridized carbons (Fsp3) is 0.250. The van der Waals surface area contributed by atoms with Gasteiger partial charge in [-0.05, 0) is 24.6 Å². The standard InChI is InChI=1S/C20H22N2O2.ClH/c1-14(19-12-16-10-6-7-11-18(16)24-19)22(2)20(23)13-17(21)15-8-4-3-5-9-15;/h3-12,14,17H,13,21H2,1-2H3;1H. The van der Waals surface area contributed by atoms with Gasteiger partial charge < -0.3 is 15.1 Å². The largest absolute Gasteiger partial charge is 0.459 e. The summed E-state index contributed by atoms with van der Waals surface area (Å²) < 4.78 is 5.87. The zero-order valence-electron chi connectivity index (χ0n) is 14.4. The molecule has 0 spiro atoms. The summed E-state index contributed by atoms with van der Waals surface area (Å²) in [6.45, 7) is 1.96. The molecule has 132 valence electrons. The van der Waals surface area contributed by atoms with Gasteiger partial charge in [0.1, 0.15) is 11.3 Å². The molecule has 25 heavy (non-hydrogen) atoms. The van der Waals surface area contributed by atoms with Crippen LogP contribution >= 0.6 is 12.4 Å². The molecule has 0 fully saturated rings. The molecule has 2 unspecified atom stereocenters. The number of nitrogens with two attached hydrogens (primary N) is 1. The summed E-state index contributed by atoms with van der Waals surface area (Å²) in [5, 5.41) is 1.04. The number of benzene rings is 2. The average Bonchev–Trinajstić information content (AvgIpc) is 3.05. The summed E-state index contributed by atoms with van der Waals surface area (Å²) >= 11 is 0. The highest BCUT2D eigenvalue weighted by molar-refractivity contribution is 5.85. The number of carbonyl (C=O) groups excluding carboxylic acids is 1. The number of nitrogens with zero attached hydrogens (tertiary/aromatic N) is 1. The first kappa shape index (κ1) is 19.0. The lowest BCUT2D eigenvalue weighted by molar-refractivity contribution is -0.132. The van der Waals surface area contributed by atoms with E-state index >= 15 is 0 Å². The van der Waals surface area contributed by atoms with E-state index in [-0.39, 0.29) is 36.8 Å². The fourth-order valence-corrected chi connectivity index (χ4v) is 2.77. The Morgan fingerprint density at radius 2 is 1.76 bits per heavy atom. The Bertz CT molecular complexity index is 799. The van der Waals surface area contributed by atoms with Crippen LogP contribution in [0.25, 0.3) is 11.0 Å². The molecular weight excluding hydrogens is 336 g/mol. The summed E-state index contributed by atoms with van der Waals surface area (Å²) in [5.74, 6) is 0.777. The first-order chi connectivity index (χ1) is 11.6. The third kappa shape index (κ3) is 4.21. The number of fused-ring (bicyclic) bond motifs is 1. The molecular formula is C20H23ClN2O2. The maximum Gasteiger partial charge on any atom is 0.224 e. The minimum atomic E-state index is -0.302. The van der Waals surface area contributed by atoms with Crippen molar-refractivity contribution in [3.63, 3.8) is 0 Å². The van der Waals surface area contributed by atoms with Gasteiger partial charge in [-0.1, -0.05) is 48.5 Å². The van der Waals surface area contributed by atoms with Crippen molar-refractivity contribution in [3.8, 4) is 0 Å². The molecule has 0 aliphatic heterocycles. The summed E-state index contributed by atoms with van der Waals surface area (Å²) in [5.41, 5.74) is 7.97. The molecule has 2 atom stereocenters. The summed E-state index contributed by atoms with van der Waals surface area (Å²) in [6, 6.07) is 19.1. The second-order valence-corrected chi connectivity index (χ2v) is 6.09. The zero-order valence-corrected chi connectivity index (χ0v) is 15.2. The Hall–Kier alpha value is -2.30. The quantitative estimate of drug-likeness (QED) is 0.732. The Morgan fingerprint density at radius 3 is 2.44 bits per heavy atom. The average molecular weight is 359 g/mol. The van der Waals surface area contributed by atoms with Crippen molar-refractivity contribution in [2.45, 2.75) is 25.4 Å². The van der Waals surface area contributed by atoms with Crippen molar-refractivity contribution < 1.29 is 9.21 Å². The molecule has 0 radical (unpaired) electrons. The highest BCUT2D eigenvalue weighted by Gasteiger charge is 2.22. The van der Waals surface area contributed by atoms with Gasteiger partial charge in [-0.2, -0.15) is 0 Å². The summed E-state index contributed by atoms with van der Waals surface area (Å²) in [4.78, 5) is 14.3.